The van der Waals surface area contributed by atoms with Gasteiger partial charge in [0.25, 0.3) is 0 Å². The first-order valence-corrected chi connectivity index (χ1v) is 5.20. The van der Waals surface area contributed by atoms with Gasteiger partial charge in [0.2, 0.25) is 0 Å². The molecular formula is C12H18N2O2. The van der Waals surface area contributed by atoms with Gasteiger partial charge in [-0.2, -0.15) is 0 Å². The predicted octanol–water partition coefficient (Wildman–Crippen LogP) is 2.03. The third-order valence-electron chi connectivity index (χ3n) is 1.85. The van der Waals surface area contributed by atoms with E-state index >= 15 is 0 Å². The minimum absolute atomic E-state index is 0.297. The lowest BCUT2D eigenvalue weighted by Gasteiger charge is -2.19. The molecule has 0 saturated carbocycles. The Morgan fingerprint density at radius 2 is 1.88 bits per heavy atom. The van der Waals surface area contributed by atoms with Crippen LogP contribution in [-0.4, -0.2) is 11.6 Å². The van der Waals surface area contributed by atoms with Crippen molar-refractivity contribution in [2.24, 2.45) is 5.73 Å². The van der Waals surface area contributed by atoms with Crippen molar-refractivity contribution in [3.05, 3.63) is 29.8 Å². The van der Waals surface area contributed by atoms with Crippen molar-refractivity contribution in [2.75, 3.05) is 0 Å². The number of amides is 1. The molecule has 1 amide bonds. The lowest BCUT2D eigenvalue weighted by atomic mass is 10.1. The Hall–Kier alpha value is -1.55. The molecule has 0 bridgehead atoms. The molecule has 3 N–H and O–H groups in total. The average molecular weight is 222 g/mol. The summed E-state index contributed by atoms with van der Waals surface area (Å²) in [5.41, 5.74) is 6.17. The standard InChI is InChI=1S/C12H18N2O2/c1-12(2,3)14-11(15)16-10-6-4-9(8-13)5-7-10/h4-7H,8,13H2,1-3H3,(H,14,15). The Labute approximate surface area is 95.8 Å². The Balaban J connectivity index is 2.56. The van der Waals surface area contributed by atoms with Gasteiger partial charge in [0, 0.05) is 12.1 Å². The fraction of sp³-hybridized carbons (Fsp3) is 0.417. The zero-order chi connectivity index (χ0) is 12.2. The van der Waals surface area contributed by atoms with Crippen molar-refractivity contribution in [3.8, 4) is 5.75 Å². The van der Waals surface area contributed by atoms with Crippen molar-refractivity contribution in [2.45, 2.75) is 32.9 Å². The van der Waals surface area contributed by atoms with Gasteiger partial charge in [-0.3, -0.25) is 0 Å². The van der Waals surface area contributed by atoms with Crippen molar-refractivity contribution < 1.29 is 9.53 Å². The molecule has 0 fully saturated rings. The molecule has 4 nitrogen and oxygen atoms in total. The molecule has 0 aliphatic carbocycles. The predicted molar refractivity (Wildman–Crippen MR) is 63.2 cm³/mol. The quantitative estimate of drug-likeness (QED) is 0.804. The first kappa shape index (κ1) is 12.5. The minimum Gasteiger partial charge on any atom is -0.410 e. The Bertz CT molecular complexity index is 352. The number of ether oxygens (including phenoxy) is 1. The number of nitrogens with one attached hydrogen (secondary N) is 1. The monoisotopic (exact) mass is 222 g/mol. The normalized spacial score (nSPS) is 11.0. The van der Waals surface area contributed by atoms with Crippen LogP contribution in [0.25, 0.3) is 0 Å². The van der Waals surface area contributed by atoms with Gasteiger partial charge >= 0.3 is 6.09 Å². The van der Waals surface area contributed by atoms with E-state index in [9.17, 15) is 4.79 Å². The van der Waals surface area contributed by atoms with Gasteiger partial charge in [-0.15, -0.1) is 0 Å². The third kappa shape index (κ3) is 4.31. The maximum Gasteiger partial charge on any atom is 0.413 e. The molecule has 4 heteroatoms. The van der Waals surface area contributed by atoms with Gasteiger partial charge in [0.15, 0.2) is 0 Å². The number of benzene rings is 1. The molecule has 0 aromatic heterocycles. The molecule has 0 aliphatic heterocycles. The molecule has 0 radical (unpaired) electrons. The zero-order valence-corrected chi connectivity index (χ0v) is 9.91. The van der Waals surface area contributed by atoms with Crippen LogP contribution < -0.4 is 15.8 Å². The first-order valence-electron chi connectivity index (χ1n) is 5.20. The van der Waals surface area contributed by atoms with Crippen LogP contribution >= 0.6 is 0 Å². The van der Waals surface area contributed by atoms with E-state index in [1.165, 1.54) is 0 Å². The third-order valence-corrected chi connectivity index (χ3v) is 1.85. The number of carbonyl (C=O) groups is 1. The van der Waals surface area contributed by atoms with Crippen LogP contribution in [0.3, 0.4) is 0 Å². The second kappa shape index (κ2) is 4.99. The molecule has 88 valence electrons. The van der Waals surface area contributed by atoms with E-state index in [1.807, 2.05) is 32.9 Å². The maximum absolute atomic E-state index is 11.4. The molecule has 0 aliphatic rings. The highest BCUT2D eigenvalue weighted by Gasteiger charge is 2.14. The molecule has 0 atom stereocenters. The highest BCUT2D eigenvalue weighted by atomic mass is 16.6. The summed E-state index contributed by atoms with van der Waals surface area (Å²) >= 11 is 0. The maximum atomic E-state index is 11.4. The van der Waals surface area contributed by atoms with E-state index in [2.05, 4.69) is 5.32 Å². The summed E-state index contributed by atoms with van der Waals surface area (Å²) in [7, 11) is 0. The summed E-state index contributed by atoms with van der Waals surface area (Å²) < 4.78 is 5.10. The molecule has 1 aromatic rings. The van der Waals surface area contributed by atoms with Gasteiger partial charge in [-0.1, -0.05) is 12.1 Å². The fourth-order valence-corrected chi connectivity index (χ4v) is 1.13. The molecule has 0 unspecified atom stereocenters. The number of rotatable bonds is 2. The highest BCUT2D eigenvalue weighted by Crippen LogP contribution is 2.12. The second-order valence-electron chi connectivity index (χ2n) is 4.61. The molecule has 1 aromatic carbocycles. The van der Waals surface area contributed by atoms with Gasteiger partial charge < -0.3 is 15.8 Å². The Morgan fingerprint density at radius 3 is 2.31 bits per heavy atom. The number of hydrogen-bond acceptors (Lipinski definition) is 3. The van der Waals surface area contributed by atoms with Crippen LogP contribution in [-0.2, 0) is 6.54 Å². The topological polar surface area (TPSA) is 64.3 Å². The van der Waals surface area contributed by atoms with Gasteiger partial charge in [0.1, 0.15) is 5.75 Å². The van der Waals surface area contributed by atoms with E-state index in [1.54, 1.807) is 12.1 Å². The number of carbonyl (C=O) groups excluding carboxylic acids is 1. The Morgan fingerprint density at radius 1 is 1.31 bits per heavy atom. The second-order valence-corrected chi connectivity index (χ2v) is 4.61. The lowest BCUT2D eigenvalue weighted by molar-refractivity contribution is 0.190. The zero-order valence-electron chi connectivity index (χ0n) is 9.91. The van der Waals surface area contributed by atoms with Crippen LogP contribution in [0.15, 0.2) is 24.3 Å². The Kier molecular flexibility index (Phi) is 3.90. The summed E-state index contributed by atoms with van der Waals surface area (Å²) in [6.45, 7) is 6.16. The average Bonchev–Trinajstić information content (AvgIpc) is 2.16. The van der Waals surface area contributed by atoms with Crippen LogP contribution in [0.1, 0.15) is 26.3 Å². The van der Waals surface area contributed by atoms with Crippen molar-refractivity contribution >= 4 is 6.09 Å². The minimum atomic E-state index is -0.451. The van der Waals surface area contributed by atoms with E-state index in [0.717, 1.165) is 5.56 Å². The molecule has 1 rings (SSSR count). The smallest absolute Gasteiger partial charge is 0.410 e. The van der Waals surface area contributed by atoms with E-state index in [4.69, 9.17) is 10.5 Å². The summed E-state index contributed by atoms with van der Waals surface area (Å²) in [4.78, 5) is 11.4. The van der Waals surface area contributed by atoms with Gasteiger partial charge in [-0.05, 0) is 38.5 Å². The number of nitrogens with two attached hydrogens (primary N) is 1. The highest BCUT2D eigenvalue weighted by molar-refractivity contribution is 5.71. The van der Waals surface area contributed by atoms with Crippen molar-refractivity contribution in [3.63, 3.8) is 0 Å². The van der Waals surface area contributed by atoms with Gasteiger partial charge in [-0.25, -0.2) is 4.79 Å². The van der Waals surface area contributed by atoms with Crippen LogP contribution in [0.4, 0.5) is 4.79 Å². The molecular weight excluding hydrogens is 204 g/mol. The van der Waals surface area contributed by atoms with Crippen molar-refractivity contribution in [1.29, 1.82) is 0 Å². The van der Waals surface area contributed by atoms with Crippen molar-refractivity contribution in [1.82, 2.24) is 5.32 Å². The van der Waals surface area contributed by atoms with Crippen LogP contribution in [0, 0.1) is 0 Å². The first-order chi connectivity index (χ1) is 7.40. The fourth-order valence-electron chi connectivity index (χ4n) is 1.13. The van der Waals surface area contributed by atoms with Crippen LogP contribution in [0.2, 0.25) is 0 Å². The van der Waals surface area contributed by atoms with E-state index in [0.29, 0.717) is 12.3 Å². The molecule has 0 heterocycles. The summed E-state index contributed by atoms with van der Waals surface area (Å²) in [6, 6.07) is 7.12. The largest absolute Gasteiger partial charge is 0.413 e. The summed E-state index contributed by atoms with van der Waals surface area (Å²) in [5, 5.41) is 2.71. The number of hydrogen-bond donors (Lipinski definition) is 2. The molecule has 16 heavy (non-hydrogen) atoms. The lowest BCUT2D eigenvalue weighted by Crippen LogP contribution is -2.42. The summed E-state index contributed by atoms with van der Waals surface area (Å²) in [6.07, 6.45) is -0.451. The molecule has 0 spiro atoms. The summed E-state index contributed by atoms with van der Waals surface area (Å²) in [5.74, 6) is 0.513. The van der Waals surface area contributed by atoms with E-state index in [-0.39, 0.29) is 5.54 Å². The van der Waals surface area contributed by atoms with Crippen LogP contribution in [0.5, 0.6) is 5.75 Å². The van der Waals surface area contributed by atoms with Gasteiger partial charge in [0.05, 0.1) is 0 Å². The van der Waals surface area contributed by atoms with E-state index < -0.39 is 6.09 Å². The SMILES string of the molecule is CC(C)(C)NC(=O)Oc1ccc(CN)cc1. The molecule has 0 saturated heterocycles.